The predicted octanol–water partition coefficient (Wildman–Crippen LogP) is 3.44. The minimum atomic E-state index is -0.202. The van der Waals surface area contributed by atoms with E-state index < -0.39 is 0 Å². The van der Waals surface area contributed by atoms with Crippen LogP contribution in [0, 0.1) is 0 Å². The summed E-state index contributed by atoms with van der Waals surface area (Å²) in [7, 11) is 1.67. The van der Waals surface area contributed by atoms with Crippen molar-refractivity contribution in [2.45, 2.75) is 6.54 Å². The van der Waals surface area contributed by atoms with Gasteiger partial charge in [0.1, 0.15) is 21.2 Å². The fourth-order valence-corrected chi connectivity index (χ4v) is 4.71. The molecule has 0 saturated carbocycles. The van der Waals surface area contributed by atoms with Crippen LogP contribution in [0.4, 0.5) is 0 Å². The van der Waals surface area contributed by atoms with E-state index in [4.69, 9.17) is 0 Å². The van der Waals surface area contributed by atoms with Gasteiger partial charge in [-0.25, -0.2) is 9.97 Å². The summed E-state index contributed by atoms with van der Waals surface area (Å²) < 4.78 is 0.595. The van der Waals surface area contributed by atoms with Crippen LogP contribution in [-0.4, -0.2) is 32.8 Å². The molecule has 0 unspecified atom stereocenters. The average molecular weight is 388 g/mol. The Morgan fingerprint density at radius 3 is 2.88 bits per heavy atom. The number of carbonyl (C=O) groups excluding carboxylic acids is 1. The fraction of sp³-hybridized carbons (Fsp3) is 0.125. The Balaban J connectivity index is 1.54. The molecule has 0 aliphatic rings. The molecule has 4 rings (SSSR count). The second kappa shape index (κ2) is 6.51. The van der Waals surface area contributed by atoms with Crippen molar-refractivity contribution in [1.29, 1.82) is 0 Å². The van der Waals surface area contributed by atoms with Crippen molar-refractivity contribution in [2.75, 3.05) is 7.05 Å². The smallest absolute Gasteiger partial charge is 0.273 e. The van der Waals surface area contributed by atoms with Crippen molar-refractivity contribution >= 4 is 50.1 Å². The largest absolute Gasteiger partial charge is 0.333 e. The monoisotopic (exact) mass is 388 g/mol. The number of carbonyl (C=O) groups is 1. The number of thiazole rings is 1. The lowest BCUT2D eigenvalue weighted by Gasteiger charge is -2.15. The van der Waals surface area contributed by atoms with Gasteiger partial charge in [-0.05, 0) is 22.9 Å². The van der Waals surface area contributed by atoms with Crippen LogP contribution in [0.5, 0.6) is 0 Å². The third-order valence-electron chi connectivity index (χ3n) is 3.55. The first-order valence-corrected chi connectivity index (χ1v) is 9.97. The molecule has 9 heteroatoms. The van der Waals surface area contributed by atoms with Crippen LogP contribution in [-0.2, 0) is 6.54 Å². The summed E-state index contributed by atoms with van der Waals surface area (Å²) in [5.74, 6) is 0.257. The molecule has 0 radical (unpaired) electrons. The van der Waals surface area contributed by atoms with Crippen LogP contribution in [0.2, 0.25) is 0 Å². The van der Waals surface area contributed by atoms with Crippen molar-refractivity contribution in [3.05, 3.63) is 56.2 Å². The first-order valence-electron chi connectivity index (χ1n) is 7.33. The molecule has 0 fully saturated rings. The van der Waals surface area contributed by atoms with Gasteiger partial charge in [0.2, 0.25) is 0 Å². The van der Waals surface area contributed by atoms with Crippen LogP contribution in [0.3, 0.4) is 0 Å². The summed E-state index contributed by atoms with van der Waals surface area (Å²) in [4.78, 5) is 38.7. The van der Waals surface area contributed by atoms with Gasteiger partial charge < -0.3 is 9.88 Å². The summed E-state index contributed by atoms with van der Waals surface area (Å²) in [6.45, 7) is 0.214. The van der Waals surface area contributed by atoms with Crippen LogP contribution in [0.1, 0.15) is 16.3 Å². The van der Waals surface area contributed by atoms with Crippen LogP contribution in [0.15, 0.2) is 39.1 Å². The third-order valence-corrected chi connectivity index (χ3v) is 6.34. The molecule has 0 saturated heterocycles. The zero-order valence-electron chi connectivity index (χ0n) is 13.1. The molecule has 1 amide bonds. The maximum absolute atomic E-state index is 12.6. The van der Waals surface area contributed by atoms with Gasteiger partial charge in [0.15, 0.2) is 0 Å². The number of nitrogens with one attached hydrogen (secondary N) is 1. The molecule has 0 aliphatic carbocycles. The van der Waals surface area contributed by atoms with E-state index in [0.29, 0.717) is 21.7 Å². The van der Waals surface area contributed by atoms with E-state index in [1.54, 1.807) is 29.8 Å². The standard InChI is InChI=1S/C16H12N4O2S3/c1-20(7-12-17-9-4-6-24-13(9)14(21)19-12)16(22)10-8-25-15(18-10)11-3-2-5-23-11/h2-6,8H,7H2,1H3,(H,17,19,21). The number of thiophene rings is 2. The zero-order valence-corrected chi connectivity index (χ0v) is 15.5. The Hall–Kier alpha value is -2.36. The first-order chi connectivity index (χ1) is 12.1. The summed E-state index contributed by atoms with van der Waals surface area (Å²) in [5.41, 5.74) is 0.873. The summed E-state index contributed by atoms with van der Waals surface area (Å²) in [5, 5.41) is 6.39. The molecule has 4 aromatic rings. The highest BCUT2D eigenvalue weighted by Crippen LogP contribution is 2.28. The fourth-order valence-electron chi connectivity index (χ4n) is 2.37. The number of aromatic nitrogens is 3. The molecule has 0 aliphatic heterocycles. The zero-order chi connectivity index (χ0) is 17.4. The number of hydrogen-bond acceptors (Lipinski definition) is 7. The molecule has 25 heavy (non-hydrogen) atoms. The second-order valence-electron chi connectivity index (χ2n) is 5.32. The summed E-state index contributed by atoms with van der Waals surface area (Å²) >= 11 is 4.39. The van der Waals surface area contributed by atoms with Crippen LogP contribution >= 0.6 is 34.0 Å². The van der Waals surface area contributed by atoms with E-state index in [2.05, 4.69) is 15.0 Å². The highest BCUT2D eigenvalue weighted by atomic mass is 32.1. The molecular formula is C16H12N4O2S3. The molecule has 4 heterocycles. The molecule has 0 atom stereocenters. The minimum Gasteiger partial charge on any atom is -0.333 e. The van der Waals surface area contributed by atoms with Crippen molar-refractivity contribution in [3.8, 4) is 9.88 Å². The molecule has 4 aromatic heterocycles. The Morgan fingerprint density at radius 1 is 1.20 bits per heavy atom. The van der Waals surface area contributed by atoms with Gasteiger partial charge in [0.05, 0.1) is 16.9 Å². The van der Waals surface area contributed by atoms with Gasteiger partial charge in [0.25, 0.3) is 11.5 Å². The second-order valence-corrected chi connectivity index (χ2v) is 8.05. The Labute approximate surface area is 154 Å². The predicted molar refractivity (Wildman–Crippen MR) is 101 cm³/mol. The Kier molecular flexibility index (Phi) is 4.20. The van der Waals surface area contributed by atoms with Gasteiger partial charge in [-0.2, -0.15) is 0 Å². The van der Waals surface area contributed by atoms with Gasteiger partial charge in [-0.15, -0.1) is 34.0 Å². The minimum absolute atomic E-state index is 0.176. The van der Waals surface area contributed by atoms with Gasteiger partial charge in [0, 0.05) is 12.4 Å². The van der Waals surface area contributed by atoms with Crippen molar-refractivity contribution in [3.63, 3.8) is 0 Å². The van der Waals surface area contributed by atoms with E-state index >= 15 is 0 Å². The maximum atomic E-state index is 12.6. The highest BCUT2D eigenvalue weighted by Gasteiger charge is 2.18. The highest BCUT2D eigenvalue weighted by molar-refractivity contribution is 7.20. The normalized spacial score (nSPS) is 11.1. The topological polar surface area (TPSA) is 79.0 Å². The van der Waals surface area contributed by atoms with E-state index in [9.17, 15) is 9.59 Å². The lowest BCUT2D eigenvalue weighted by atomic mass is 10.4. The first kappa shape index (κ1) is 16.1. The SMILES string of the molecule is CN(Cc1nc2ccsc2c(=O)[nH]1)C(=O)c1csc(-c2cccs2)n1. The van der Waals surface area contributed by atoms with Crippen molar-refractivity contribution in [2.24, 2.45) is 0 Å². The molecule has 6 nitrogen and oxygen atoms in total. The number of H-pyrrole nitrogens is 1. The average Bonchev–Trinajstić information content (AvgIpc) is 3.33. The number of nitrogens with zero attached hydrogens (tertiary/aromatic N) is 3. The maximum Gasteiger partial charge on any atom is 0.273 e. The lowest BCUT2D eigenvalue weighted by molar-refractivity contribution is 0.0776. The van der Waals surface area contributed by atoms with Crippen LogP contribution < -0.4 is 5.56 Å². The molecular weight excluding hydrogens is 376 g/mol. The number of rotatable bonds is 4. The number of fused-ring (bicyclic) bond motifs is 1. The molecule has 0 spiro atoms. The lowest BCUT2D eigenvalue weighted by Crippen LogP contribution is -2.28. The van der Waals surface area contributed by atoms with Gasteiger partial charge in [-0.1, -0.05) is 6.07 Å². The quantitative estimate of drug-likeness (QED) is 0.581. The molecule has 126 valence electrons. The third kappa shape index (κ3) is 3.13. The molecule has 0 aromatic carbocycles. The number of amides is 1. The number of hydrogen-bond donors (Lipinski definition) is 1. The Morgan fingerprint density at radius 2 is 2.08 bits per heavy atom. The van der Waals surface area contributed by atoms with Crippen molar-refractivity contribution in [1.82, 2.24) is 19.9 Å². The van der Waals surface area contributed by atoms with E-state index in [1.807, 2.05) is 22.9 Å². The molecule has 0 bridgehead atoms. The Bertz CT molecular complexity index is 1090. The van der Waals surface area contributed by atoms with E-state index in [1.165, 1.54) is 27.6 Å². The van der Waals surface area contributed by atoms with E-state index in [-0.39, 0.29) is 18.0 Å². The van der Waals surface area contributed by atoms with Crippen molar-refractivity contribution < 1.29 is 4.79 Å². The van der Waals surface area contributed by atoms with Crippen LogP contribution in [0.25, 0.3) is 20.1 Å². The van der Waals surface area contributed by atoms with E-state index in [0.717, 1.165) is 9.88 Å². The number of aromatic amines is 1. The summed E-state index contributed by atoms with van der Waals surface area (Å²) in [6.07, 6.45) is 0. The van der Waals surface area contributed by atoms with Gasteiger partial charge >= 0.3 is 0 Å². The molecule has 1 N–H and O–H groups in total. The van der Waals surface area contributed by atoms with Gasteiger partial charge in [-0.3, -0.25) is 9.59 Å². The summed E-state index contributed by atoms with van der Waals surface area (Å²) in [6, 6.07) is 5.73.